The van der Waals surface area contributed by atoms with E-state index in [0.717, 1.165) is 0 Å². The van der Waals surface area contributed by atoms with Gasteiger partial charge in [-0.3, -0.25) is 0 Å². The molecule has 96 valence electrons. The zero-order valence-corrected chi connectivity index (χ0v) is 10.5. The van der Waals surface area contributed by atoms with Crippen LogP contribution in [0.3, 0.4) is 0 Å². The number of benzene rings is 1. The SMILES string of the molecule is COc1cc(-c2nnn(C(C)C)n2)cc(N)c1O. The normalized spacial score (nSPS) is 10.9. The molecule has 7 heteroatoms. The molecule has 0 amide bonds. The molecule has 2 rings (SSSR count). The first-order valence-electron chi connectivity index (χ1n) is 5.49. The Balaban J connectivity index is 2.47. The Morgan fingerprint density at radius 3 is 2.67 bits per heavy atom. The van der Waals surface area contributed by atoms with Crippen LogP contribution in [0.1, 0.15) is 19.9 Å². The monoisotopic (exact) mass is 249 g/mol. The number of hydrogen-bond donors (Lipinski definition) is 2. The molecule has 0 atom stereocenters. The maximum absolute atomic E-state index is 9.65. The standard InChI is InChI=1S/C11H15N5O2/c1-6(2)16-14-11(13-15-16)7-4-8(12)10(17)9(5-7)18-3/h4-6,17H,12H2,1-3H3. The van der Waals surface area contributed by atoms with Crippen molar-refractivity contribution in [2.24, 2.45) is 0 Å². The fourth-order valence-electron chi connectivity index (χ4n) is 1.47. The van der Waals surface area contributed by atoms with Crippen LogP contribution in [-0.2, 0) is 0 Å². The van der Waals surface area contributed by atoms with E-state index in [4.69, 9.17) is 10.5 Å². The molecule has 0 saturated heterocycles. The maximum atomic E-state index is 9.65. The molecule has 1 heterocycles. The molecule has 0 fully saturated rings. The summed E-state index contributed by atoms with van der Waals surface area (Å²) in [6.07, 6.45) is 0. The summed E-state index contributed by atoms with van der Waals surface area (Å²) < 4.78 is 5.03. The van der Waals surface area contributed by atoms with Gasteiger partial charge in [-0.2, -0.15) is 4.80 Å². The predicted octanol–water partition coefficient (Wildman–Crippen LogP) is 1.22. The Morgan fingerprint density at radius 2 is 2.11 bits per heavy atom. The van der Waals surface area contributed by atoms with Crippen LogP contribution >= 0.6 is 0 Å². The van der Waals surface area contributed by atoms with Crippen molar-refractivity contribution in [1.29, 1.82) is 0 Å². The van der Waals surface area contributed by atoms with E-state index >= 15 is 0 Å². The topological polar surface area (TPSA) is 99.1 Å². The van der Waals surface area contributed by atoms with Crippen LogP contribution < -0.4 is 10.5 Å². The van der Waals surface area contributed by atoms with Gasteiger partial charge in [0, 0.05) is 5.56 Å². The molecule has 0 saturated carbocycles. The van der Waals surface area contributed by atoms with Crippen molar-refractivity contribution in [2.75, 3.05) is 12.8 Å². The minimum atomic E-state index is -0.0856. The third-order valence-corrected chi connectivity index (χ3v) is 2.47. The largest absolute Gasteiger partial charge is 0.503 e. The highest BCUT2D eigenvalue weighted by atomic mass is 16.5. The van der Waals surface area contributed by atoms with Crippen molar-refractivity contribution < 1.29 is 9.84 Å². The van der Waals surface area contributed by atoms with Gasteiger partial charge in [0.1, 0.15) is 0 Å². The fraction of sp³-hybridized carbons (Fsp3) is 0.364. The molecule has 0 unspecified atom stereocenters. The zero-order chi connectivity index (χ0) is 13.3. The average Bonchev–Trinajstić information content (AvgIpc) is 2.82. The van der Waals surface area contributed by atoms with Crippen LogP contribution in [0.15, 0.2) is 12.1 Å². The van der Waals surface area contributed by atoms with Crippen molar-refractivity contribution >= 4 is 5.69 Å². The fourth-order valence-corrected chi connectivity index (χ4v) is 1.47. The summed E-state index contributed by atoms with van der Waals surface area (Å²) in [5.74, 6) is 0.636. The van der Waals surface area contributed by atoms with Gasteiger partial charge >= 0.3 is 0 Å². The molecule has 0 aliphatic heterocycles. The van der Waals surface area contributed by atoms with Gasteiger partial charge in [0.05, 0.1) is 18.8 Å². The number of rotatable bonds is 3. The maximum Gasteiger partial charge on any atom is 0.205 e. The quantitative estimate of drug-likeness (QED) is 0.626. The molecule has 2 aromatic rings. The number of methoxy groups -OCH3 is 1. The number of ether oxygens (including phenoxy) is 1. The Hall–Kier alpha value is -2.31. The Labute approximate surface area is 104 Å². The van der Waals surface area contributed by atoms with E-state index in [2.05, 4.69) is 15.4 Å². The molecule has 1 aromatic heterocycles. The molecule has 3 N–H and O–H groups in total. The highest BCUT2D eigenvalue weighted by molar-refractivity contribution is 5.70. The smallest absolute Gasteiger partial charge is 0.205 e. The summed E-state index contributed by atoms with van der Waals surface area (Å²) >= 11 is 0. The van der Waals surface area contributed by atoms with Gasteiger partial charge in [-0.25, -0.2) is 0 Å². The summed E-state index contributed by atoms with van der Waals surface area (Å²) in [7, 11) is 1.46. The first-order chi connectivity index (χ1) is 8.52. The Kier molecular flexibility index (Phi) is 3.05. The molecule has 0 radical (unpaired) electrons. The summed E-state index contributed by atoms with van der Waals surface area (Å²) in [6.45, 7) is 3.91. The molecule has 18 heavy (non-hydrogen) atoms. The predicted molar refractivity (Wildman–Crippen MR) is 66.3 cm³/mol. The number of tetrazole rings is 1. The first-order valence-corrected chi connectivity index (χ1v) is 5.49. The van der Waals surface area contributed by atoms with Crippen LogP contribution in [0.2, 0.25) is 0 Å². The van der Waals surface area contributed by atoms with Crippen LogP contribution in [0, 0.1) is 0 Å². The lowest BCUT2D eigenvalue weighted by Gasteiger charge is -2.07. The number of hydrogen-bond acceptors (Lipinski definition) is 6. The van der Waals surface area contributed by atoms with Gasteiger partial charge in [0.15, 0.2) is 11.5 Å². The van der Waals surface area contributed by atoms with Crippen molar-refractivity contribution in [3.8, 4) is 22.9 Å². The number of anilines is 1. The van der Waals surface area contributed by atoms with Crippen molar-refractivity contribution in [2.45, 2.75) is 19.9 Å². The second-order valence-corrected chi connectivity index (χ2v) is 4.14. The summed E-state index contributed by atoms with van der Waals surface area (Å²) in [5, 5.41) is 21.8. The second-order valence-electron chi connectivity index (χ2n) is 4.14. The van der Waals surface area contributed by atoms with Crippen molar-refractivity contribution in [3.05, 3.63) is 12.1 Å². The molecule has 0 bridgehead atoms. The number of nitrogen functional groups attached to an aromatic ring is 1. The van der Waals surface area contributed by atoms with E-state index in [1.165, 1.54) is 11.9 Å². The van der Waals surface area contributed by atoms with Gasteiger partial charge in [-0.05, 0) is 31.2 Å². The van der Waals surface area contributed by atoms with Crippen LogP contribution in [-0.4, -0.2) is 32.4 Å². The van der Waals surface area contributed by atoms with E-state index in [1.807, 2.05) is 13.8 Å². The van der Waals surface area contributed by atoms with Crippen molar-refractivity contribution in [3.63, 3.8) is 0 Å². The number of nitrogens with zero attached hydrogens (tertiary/aromatic N) is 4. The summed E-state index contributed by atoms with van der Waals surface area (Å²) in [6, 6.07) is 3.33. The van der Waals surface area contributed by atoms with E-state index in [-0.39, 0.29) is 23.2 Å². The lowest BCUT2D eigenvalue weighted by molar-refractivity contribution is 0.375. The van der Waals surface area contributed by atoms with Crippen LogP contribution in [0.4, 0.5) is 5.69 Å². The van der Waals surface area contributed by atoms with Crippen LogP contribution in [0.25, 0.3) is 11.4 Å². The summed E-state index contributed by atoms with van der Waals surface area (Å²) in [5.41, 5.74) is 6.55. The molecular weight excluding hydrogens is 234 g/mol. The molecule has 1 aromatic carbocycles. The second kappa shape index (κ2) is 4.52. The van der Waals surface area contributed by atoms with E-state index < -0.39 is 0 Å². The highest BCUT2D eigenvalue weighted by Gasteiger charge is 2.13. The lowest BCUT2D eigenvalue weighted by atomic mass is 10.1. The van der Waals surface area contributed by atoms with Gasteiger partial charge < -0.3 is 15.6 Å². The van der Waals surface area contributed by atoms with Gasteiger partial charge in [-0.15, -0.1) is 10.2 Å². The third kappa shape index (κ3) is 2.06. The molecule has 0 aliphatic carbocycles. The number of aromatic hydroxyl groups is 1. The van der Waals surface area contributed by atoms with Crippen LogP contribution in [0.5, 0.6) is 11.5 Å². The van der Waals surface area contributed by atoms with Crippen molar-refractivity contribution in [1.82, 2.24) is 20.2 Å². The first kappa shape index (κ1) is 12.2. The molecule has 0 aliphatic rings. The number of nitrogens with two attached hydrogens (primary N) is 1. The molecule has 7 nitrogen and oxygen atoms in total. The average molecular weight is 249 g/mol. The molecule has 0 spiro atoms. The number of aromatic nitrogens is 4. The number of phenols is 1. The minimum absolute atomic E-state index is 0.0856. The third-order valence-electron chi connectivity index (χ3n) is 2.47. The zero-order valence-electron chi connectivity index (χ0n) is 10.5. The highest BCUT2D eigenvalue weighted by Crippen LogP contribution is 2.35. The van der Waals surface area contributed by atoms with Gasteiger partial charge in [0.25, 0.3) is 0 Å². The van der Waals surface area contributed by atoms with E-state index in [1.54, 1.807) is 12.1 Å². The van der Waals surface area contributed by atoms with Gasteiger partial charge in [-0.1, -0.05) is 0 Å². The lowest BCUT2D eigenvalue weighted by Crippen LogP contribution is -2.04. The van der Waals surface area contributed by atoms with E-state index in [9.17, 15) is 5.11 Å². The summed E-state index contributed by atoms with van der Waals surface area (Å²) in [4.78, 5) is 1.50. The number of phenolic OH excluding ortho intramolecular Hbond substituents is 1. The van der Waals surface area contributed by atoms with E-state index in [0.29, 0.717) is 11.4 Å². The Morgan fingerprint density at radius 1 is 1.39 bits per heavy atom. The van der Waals surface area contributed by atoms with Gasteiger partial charge in [0.2, 0.25) is 5.82 Å². The minimum Gasteiger partial charge on any atom is -0.503 e. The molecular formula is C11H15N5O2. The Bertz CT molecular complexity index is 565.